The van der Waals surface area contributed by atoms with Gasteiger partial charge >= 0.3 is 5.69 Å². The molecule has 182 valence electrons. The molecule has 1 N–H and O–H groups in total. The average molecular weight is 546 g/mol. The van der Waals surface area contributed by atoms with Crippen LogP contribution in [-0.2, 0) is 13.0 Å². The van der Waals surface area contributed by atoms with Crippen LogP contribution in [0.4, 0.5) is 0 Å². The Bertz CT molecular complexity index is 1540. The van der Waals surface area contributed by atoms with Crippen molar-refractivity contribution in [3.05, 3.63) is 93.2 Å². The number of aromatic amines is 1. The van der Waals surface area contributed by atoms with Crippen LogP contribution < -0.4 is 10.4 Å². The number of halogens is 1. The Morgan fingerprint density at radius 1 is 1.08 bits per heavy atom. The number of pyridine rings is 1. The van der Waals surface area contributed by atoms with Crippen molar-refractivity contribution >= 4 is 15.9 Å². The highest BCUT2D eigenvalue weighted by atomic mass is 79.9. The Morgan fingerprint density at radius 2 is 1.92 bits per heavy atom. The lowest BCUT2D eigenvalue weighted by atomic mass is 10.0. The van der Waals surface area contributed by atoms with Crippen LogP contribution in [0.25, 0.3) is 28.3 Å². The first-order valence-corrected chi connectivity index (χ1v) is 12.3. The molecule has 3 heterocycles. The zero-order valence-corrected chi connectivity index (χ0v) is 21.4. The van der Waals surface area contributed by atoms with E-state index in [0.717, 1.165) is 45.4 Å². The lowest BCUT2D eigenvalue weighted by Crippen LogP contribution is -2.25. The van der Waals surface area contributed by atoms with E-state index in [-0.39, 0.29) is 5.69 Å². The van der Waals surface area contributed by atoms with Crippen molar-refractivity contribution in [2.75, 3.05) is 7.11 Å². The summed E-state index contributed by atoms with van der Waals surface area (Å²) in [5, 5.41) is 14.3. The summed E-state index contributed by atoms with van der Waals surface area (Å²) in [6, 6.07) is 17.4. The van der Waals surface area contributed by atoms with Crippen molar-refractivity contribution in [3.8, 4) is 34.1 Å². The summed E-state index contributed by atoms with van der Waals surface area (Å²) in [5.74, 6) is 1.12. The van der Waals surface area contributed by atoms with Crippen molar-refractivity contribution in [2.45, 2.75) is 26.3 Å². The SMILES string of the molecule is CCCc1cn(-c2c(Br)cccc2OC)c(=O)n1Cc1ccc(-c2ncccc2-c2nn[nH]n2)cc1. The second-order valence-corrected chi connectivity index (χ2v) is 9.09. The van der Waals surface area contributed by atoms with Gasteiger partial charge in [0.2, 0.25) is 5.82 Å². The molecule has 0 radical (unpaired) electrons. The highest BCUT2D eigenvalue weighted by molar-refractivity contribution is 9.10. The zero-order valence-electron chi connectivity index (χ0n) is 19.8. The van der Waals surface area contributed by atoms with Crippen molar-refractivity contribution in [2.24, 2.45) is 0 Å². The number of benzene rings is 2. The van der Waals surface area contributed by atoms with Gasteiger partial charge in [-0.3, -0.25) is 14.1 Å². The van der Waals surface area contributed by atoms with Gasteiger partial charge in [-0.15, -0.1) is 10.2 Å². The van der Waals surface area contributed by atoms with Crippen LogP contribution in [0.3, 0.4) is 0 Å². The van der Waals surface area contributed by atoms with Gasteiger partial charge in [0, 0.05) is 33.7 Å². The van der Waals surface area contributed by atoms with E-state index < -0.39 is 0 Å². The minimum absolute atomic E-state index is 0.114. The largest absolute Gasteiger partial charge is 0.495 e. The molecule has 0 saturated heterocycles. The Morgan fingerprint density at radius 3 is 2.64 bits per heavy atom. The van der Waals surface area contributed by atoms with E-state index in [4.69, 9.17) is 4.74 Å². The number of para-hydroxylation sites is 1. The van der Waals surface area contributed by atoms with Crippen LogP contribution in [0.5, 0.6) is 5.75 Å². The standard InChI is InChI=1S/C26H24BrN7O2/c1-3-6-19-16-34(24-21(27)8-4-9-22(24)36-2)26(35)33(19)15-17-10-12-18(13-11-17)23-20(7-5-14-28-23)25-29-31-32-30-25/h4-5,7-14,16H,3,6,15H2,1-2H3,(H,29,30,31,32). The smallest absolute Gasteiger partial charge is 0.333 e. The molecule has 5 rings (SSSR count). The van der Waals surface area contributed by atoms with Gasteiger partial charge in [-0.05, 0) is 57.4 Å². The molecule has 0 aliphatic rings. The first-order valence-electron chi connectivity index (χ1n) is 11.5. The topological polar surface area (TPSA) is 104 Å². The molecular weight excluding hydrogens is 522 g/mol. The van der Waals surface area contributed by atoms with Gasteiger partial charge in [-0.1, -0.05) is 43.7 Å². The predicted octanol–water partition coefficient (Wildman–Crippen LogP) is 4.65. The Labute approximate surface area is 215 Å². The second-order valence-electron chi connectivity index (χ2n) is 8.23. The number of hydrogen-bond acceptors (Lipinski definition) is 6. The molecular formula is C26H24BrN7O2. The summed E-state index contributed by atoms with van der Waals surface area (Å²) < 4.78 is 9.81. The van der Waals surface area contributed by atoms with Crippen LogP contribution in [-0.4, -0.2) is 41.9 Å². The minimum atomic E-state index is -0.114. The molecule has 36 heavy (non-hydrogen) atoms. The van der Waals surface area contributed by atoms with Crippen molar-refractivity contribution in [3.63, 3.8) is 0 Å². The molecule has 0 aliphatic heterocycles. The third-order valence-corrected chi connectivity index (χ3v) is 6.58. The predicted molar refractivity (Wildman–Crippen MR) is 140 cm³/mol. The third-order valence-electron chi connectivity index (χ3n) is 5.94. The van der Waals surface area contributed by atoms with Crippen molar-refractivity contribution in [1.29, 1.82) is 0 Å². The maximum atomic E-state index is 13.6. The van der Waals surface area contributed by atoms with Gasteiger partial charge in [-0.25, -0.2) is 4.79 Å². The molecule has 0 fully saturated rings. The molecule has 3 aromatic heterocycles. The number of rotatable bonds is 8. The molecule has 9 nitrogen and oxygen atoms in total. The number of aryl methyl sites for hydroxylation is 1. The van der Waals surface area contributed by atoms with Crippen molar-refractivity contribution < 1.29 is 4.74 Å². The second kappa shape index (κ2) is 10.3. The number of nitrogens with zero attached hydrogens (tertiary/aromatic N) is 6. The monoisotopic (exact) mass is 545 g/mol. The molecule has 0 amide bonds. The van der Waals surface area contributed by atoms with Gasteiger partial charge in [-0.2, -0.15) is 5.21 Å². The molecule has 0 aliphatic carbocycles. The van der Waals surface area contributed by atoms with Crippen LogP contribution in [0.15, 0.2) is 76.3 Å². The normalized spacial score (nSPS) is 11.1. The molecule has 10 heteroatoms. The minimum Gasteiger partial charge on any atom is -0.495 e. The number of nitrogens with one attached hydrogen (secondary N) is 1. The number of imidazole rings is 1. The summed E-state index contributed by atoms with van der Waals surface area (Å²) in [7, 11) is 1.60. The van der Waals surface area contributed by atoms with Gasteiger partial charge in [0.15, 0.2) is 0 Å². The summed E-state index contributed by atoms with van der Waals surface area (Å²) in [5.41, 5.74) is 5.04. The highest BCUT2D eigenvalue weighted by Crippen LogP contribution is 2.31. The van der Waals surface area contributed by atoms with E-state index in [1.807, 2.05) is 65.4 Å². The molecule has 0 bridgehead atoms. The van der Waals surface area contributed by atoms with Gasteiger partial charge in [0.25, 0.3) is 0 Å². The van der Waals surface area contributed by atoms with Gasteiger partial charge in [0.1, 0.15) is 11.4 Å². The number of methoxy groups -OCH3 is 1. The Hall–Kier alpha value is -4.05. The van der Waals surface area contributed by atoms with E-state index in [9.17, 15) is 4.79 Å². The maximum absolute atomic E-state index is 13.6. The highest BCUT2D eigenvalue weighted by Gasteiger charge is 2.18. The number of hydrogen-bond donors (Lipinski definition) is 1. The summed E-state index contributed by atoms with van der Waals surface area (Å²) in [6.45, 7) is 2.56. The molecule has 0 saturated carbocycles. The van der Waals surface area contributed by atoms with Gasteiger partial charge in [0.05, 0.1) is 19.3 Å². The van der Waals surface area contributed by atoms with E-state index >= 15 is 0 Å². The summed E-state index contributed by atoms with van der Waals surface area (Å²) in [4.78, 5) is 18.1. The first-order chi connectivity index (χ1) is 17.6. The van der Waals surface area contributed by atoms with Crippen LogP contribution in [0, 0.1) is 0 Å². The fourth-order valence-corrected chi connectivity index (χ4v) is 4.79. The fraction of sp³-hybridized carbons (Fsp3) is 0.192. The Kier molecular flexibility index (Phi) is 6.77. The lowest BCUT2D eigenvalue weighted by Gasteiger charge is -2.10. The molecule has 0 unspecified atom stereocenters. The maximum Gasteiger partial charge on any atom is 0.333 e. The van der Waals surface area contributed by atoms with E-state index in [1.165, 1.54) is 0 Å². The third kappa shape index (κ3) is 4.47. The number of aromatic nitrogens is 7. The first kappa shape index (κ1) is 23.7. The molecule has 5 aromatic rings. The number of H-pyrrole nitrogens is 1. The fourth-order valence-electron chi connectivity index (χ4n) is 4.25. The van der Waals surface area contributed by atoms with E-state index in [1.54, 1.807) is 17.9 Å². The Balaban J connectivity index is 1.50. The van der Waals surface area contributed by atoms with Crippen LogP contribution >= 0.6 is 15.9 Å². The van der Waals surface area contributed by atoms with Gasteiger partial charge < -0.3 is 4.74 Å². The quantitative estimate of drug-likeness (QED) is 0.304. The summed E-state index contributed by atoms with van der Waals surface area (Å²) in [6.07, 6.45) is 5.36. The number of ether oxygens (including phenoxy) is 1. The molecule has 2 aromatic carbocycles. The number of tetrazole rings is 1. The zero-order chi connectivity index (χ0) is 25.1. The van der Waals surface area contributed by atoms with Crippen LogP contribution in [0.1, 0.15) is 24.6 Å². The summed E-state index contributed by atoms with van der Waals surface area (Å²) >= 11 is 3.58. The molecule has 0 atom stereocenters. The van der Waals surface area contributed by atoms with E-state index in [0.29, 0.717) is 23.8 Å². The van der Waals surface area contributed by atoms with E-state index in [2.05, 4.69) is 48.5 Å². The van der Waals surface area contributed by atoms with Crippen molar-refractivity contribution in [1.82, 2.24) is 34.7 Å². The molecule has 0 spiro atoms. The lowest BCUT2D eigenvalue weighted by molar-refractivity contribution is 0.412. The van der Waals surface area contributed by atoms with Crippen LogP contribution in [0.2, 0.25) is 0 Å². The average Bonchev–Trinajstić information content (AvgIpc) is 3.54.